The van der Waals surface area contributed by atoms with Crippen LogP contribution in [0.15, 0.2) is 29.3 Å². The van der Waals surface area contributed by atoms with E-state index >= 15 is 0 Å². The molecular formula is C5H5N2O2. The molecule has 4 heteroatoms. The van der Waals surface area contributed by atoms with Crippen LogP contribution in [0.5, 0.6) is 0 Å². The summed E-state index contributed by atoms with van der Waals surface area (Å²) in [5, 5.41) is 11.5. The van der Waals surface area contributed by atoms with Crippen LogP contribution >= 0.6 is 0 Å². The molecule has 0 bridgehead atoms. The summed E-state index contributed by atoms with van der Waals surface area (Å²) >= 11 is 0. The van der Waals surface area contributed by atoms with Gasteiger partial charge in [0.25, 0.3) is 0 Å². The molecule has 1 aliphatic rings. The number of ether oxygens (including phenoxy) is 1. The molecule has 1 unspecified atom stereocenters. The summed E-state index contributed by atoms with van der Waals surface area (Å²) in [5.74, 6) is 0.0231. The summed E-state index contributed by atoms with van der Waals surface area (Å²) in [6.07, 6.45) is 3.27. The number of aliphatic hydroxyl groups excluding tert-OH is 1. The zero-order valence-electron chi connectivity index (χ0n) is 4.56. The summed E-state index contributed by atoms with van der Waals surface area (Å²) in [4.78, 5) is 0. The van der Waals surface area contributed by atoms with Crippen LogP contribution in [0.25, 0.3) is 0 Å². The van der Waals surface area contributed by atoms with E-state index in [4.69, 9.17) is 10.6 Å². The lowest BCUT2D eigenvalue weighted by atomic mass is 10.4. The fraction of sp³-hybridized carbons (Fsp3) is 0.200. The van der Waals surface area contributed by atoms with Crippen LogP contribution < -0.4 is 5.53 Å². The van der Waals surface area contributed by atoms with Gasteiger partial charge in [0.05, 0.1) is 0 Å². The Balaban J connectivity index is 2.58. The minimum atomic E-state index is -0.666. The van der Waals surface area contributed by atoms with Gasteiger partial charge in [-0.1, -0.05) is 0 Å². The summed E-state index contributed by atoms with van der Waals surface area (Å²) in [6.45, 7) is 0. The van der Waals surface area contributed by atoms with Crippen molar-refractivity contribution in [1.82, 2.24) is 5.53 Å². The molecule has 1 heterocycles. The fourth-order valence-corrected chi connectivity index (χ4v) is 0.471. The van der Waals surface area contributed by atoms with Crippen molar-refractivity contribution in [3.63, 3.8) is 0 Å². The first-order valence-corrected chi connectivity index (χ1v) is 2.40. The maximum Gasteiger partial charge on any atom is 0.229 e. The van der Waals surface area contributed by atoms with E-state index in [9.17, 15) is 0 Å². The largest absolute Gasteiger partial charge is 0.505 e. The van der Waals surface area contributed by atoms with Gasteiger partial charge in [0.15, 0.2) is 0 Å². The van der Waals surface area contributed by atoms with Gasteiger partial charge >= 0.3 is 0 Å². The third-order valence-corrected chi connectivity index (χ3v) is 0.874. The van der Waals surface area contributed by atoms with Gasteiger partial charge in [-0.2, -0.15) is 0 Å². The van der Waals surface area contributed by atoms with Crippen LogP contribution in [-0.2, 0) is 4.74 Å². The molecule has 47 valence electrons. The fourth-order valence-electron chi connectivity index (χ4n) is 0.471. The average Bonchev–Trinajstić information content (AvgIpc) is 1.90. The van der Waals surface area contributed by atoms with Gasteiger partial charge in [-0.25, -0.2) is 0 Å². The molecule has 0 saturated heterocycles. The van der Waals surface area contributed by atoms with Gasteiger partial charge in [0.2, 0.25) is 6.23 Å². The zero-order valence-corrected chi connectivity index (χ0v) is 4.56. The van der Waals surface area contributed by atoms with Crippen molar-refractivity contribution in [2.45, 2.75) is 6.23 Å². The maximum atomic E-state index is 8.65. The van der Waals surface area contributed by atoms with Crippen molar-refractivity contribution in [3.05, 3.63) is 24.2 Å². The molecule has 1 radical (unpaired) electrons. The predicted molar refractivity (Wildman–Crippen MR) is 29.3 cm³/mol. The summed E-state index contributed by atoms with van der Waals surface area (Å²) in [7, 11) is 0. The molecule has 9 heavy (non-hydrogen) atoms. The van der Waals surface area contributed by atoms with Gasteiger partial charge < -0.3 is 9.84 Å². The number of hydrogen-bond acceptors (Lipinski definition) is 3. The van der Waals surface area contributed by atoms with Gasteiger partial charge in [0, 0.05) is 0 Å². The Hall–Kier alpha value is -1.32. The first kappa shape index (κ1) is 5.81. The Kier molecular flexibility index (Phi) is 1.48. The molecule has 0 fully saturated rings. The van der Waals surface area contributed by atoms with E-state index in [0.29, 0.717) is 0 Å². The minimum Gasteiger partial charge on any atom is -0.505 e. The lowest BCUT2D eigenvalue weighted by Crippen LogP contribution is -2.05. The Morgan fingerprint density at radius 2 is 2.56 bits per heavy atom. The highest BCUT2D eigenvalue weighted by atomic mass is 16.5. The second kappa shape index (κ2) is 2.30. The standard InChI is InChI=1S/C5H5N2O2/c6-7-5-2-1-4(8)3-9-5/h1-3,5,8H. The topological polar surface area (TPSA) is 64.1 Å². The maximum absolute atomic E-state index is 8.65. The van der Waals surface area contributed by atoms with Crippen LogP contribution in [0.4, 0.5) is 0 Å². The molecule has 1 rings (SSSR count). The highest BCUT2D eigenvalue weighted by molar-refractivity contribution is 5.12. The monoisotopic (exact) mass is 125 g/mol. The van der Waals surface area contributed by atoms with E-state index in [1.165, 1.54) is 12.2 Å². The first-order chi connectivity index (χ1) is 4.33. The molecule has 0 spiro atoms. The highest BCUT2D eigenvalue weighted by Gasteiger charge is 2.04. The van der Waals surface area contributed by atoms with Crippen molar-refractivity contribution >= 4 is 0 Å². The number of nitrogens with zero attached hydrogens (tertiary/aromatic N) is 2. The number of aliphatic hydroxyl groups is 1. The molecule has 0 aromatic rings. The summed E-state index contributed by atoms with van der Waals surface area (Å²) in [5.41, 5.74) is 8.12. The van der Waals surface area contributed by atoms with Gasteiger partial charge in [-0.05, 0) is 17.7 Å². The molecule has 0 aliphatic carbocycles. The lowest BCUT2D eigenvalue weighted by molar-refractivity contribution is 0.169. The SMILES string of the molecule is [N]=NC1C=CC(O)=CO1. The number of rotatable bonds is 1. The highest BCUT2D eigenvalue weighted by Crippen LogP contribution is 2.06. The number of hydrogen-bond donors (Lipinski definition) is 1. The van der Waals surface area contributed by atoms with Crippen LogP contribution in [0.2, 0.25) is 0 Å². The van der Waals surface area contributed by atoms with Gasteiger partial charge in [0.1, 0.15) is 12.0 Å². The second-order valence-electron chi connectivity index (χ2n) is 1.54. The molecular weight excluding hydrogens is 120 g/mol. The van der Waals surface area contributed by atoms with E-state index in [0.717, 1.165) is 6.26 Å². The third-order valence-electron chi connectivity index (χ3n) is 0.874. The van der Waals surface area contributed by atoms with E-state index in [1.54, 1.807) is 0 Å². The van der Waals surface area contributed by atoms with E-state index in [-0.39, 0.29) is 5.76 Å². The lowest BCUT2D eigenvalue weighted by Gasteiger charge is -2.07. The quantitative estimate of drug-likeness (QED) is 0.520. The Labute approximate surface area is 52.0 Å². The van der Waals surface area contributed by atoms with Gasteiger partial charge in [-0.3, -0.25) is 0 Å². The Morgan fingerprint density at radius 3 is 3.00 bits per heavy atom. The Morgan fingerprint density at radius 1 is 1.78 bits per heavy atom. The summed E-state index contributed by atoms with van der Waals surface area (Å²) < 4.78 is 4.62. The molecule has 4 nitrogen and oxygen atoms in total. The van der Waals surface area contributed by atoms with E-state index in [2.05, 4.69) is 9.85 Å². The normalized spacial score (nSPS) is 24.4. The molecule has 0 aromatic heterocycles. The third kappa shape index (κ3) is 1.28. The van der Waals surface area contributed by atoms with Crippen LogP contribution in [0, 0.1) is 0 Å². The van der Waals surface area contributed by atoms with Crippen molar-refractivity contribution in [3.8, 4) is 0 Å². The molecule has 0 amide bonds. The van der Waals surface area contributed by atoms with Crippen molar-refractivity contribution in [2.75, 3.05) is 0 Å². The molecule has 1 aliphatic heterocycles. The predicted octanol–water partition coefficient (Wildman–Crippen LogP) is 0.551. The minimum absolute atomic E-state index is 0.0231. The van der Waals surface area contributed by atoms with E-state index in [1.807, 2.05) is 0 Å². The van der Waals surface area contributed by atoms with Gasteiger partial charge in [-0.15, -0.1) is 5.11 Å². The van der Waals surface area contributed by atoms with Crippen LogP contribution in [0.3, 0.4) is 0 Å². The number of allylic oxidation sites excluding steroid dienone is 1. The van der Waals surface area contributed by atoms with E-state index < -0.39 is 6.23 Å². The summed E-state index contributed by atoms with van der Waals surface area (Å²) in [6, 6.07) is 0. The average molecular weight is 125 g/mol. The smallest absolute Gasteiger partial charge is 0.229 e. The molecule has 0 aromatic carbocycles. The van der Waals surface area contributed by atoms with Crippen molar-refractivity contribution in [2.24, 2.45) is 5.11 Å². The van der Waals surface area contributed by atoms with Crippen molar-refractivity contribution < 1.29 is 9.84 Å². The Bertz CT molecular complexity index is 174. The van der Waals surface area contributed by atoms with Crippen LogP contribution in [0.1, 0.15) is 0 Å². The zero-order chi connectivity index (χ0) is 6.69. The molecule has 0 saturated carbocycles. The first-order valence-electron chi connectivity index (χ1n) is 2.40. The van der Waals surface area contributed by atoms with Crippen LogP contribution in [-0.4, -0.2) is 11.3 Å². The molecule has 1 N–H and O–H groups in total. The molecule has 1 atom stereocenters. The van der Waals surface area contributed by atoms with Crippen molar-refractivity contribution in [1.29, 1.82) is 0 Å². The second-order valence-corrected chi connectivity index (χ2v) is 1.54.